The van der Waals surface area contributed by atoms with Crippen LogP contribution in [-0.2, 0) is 0 Å². The van der Waals surface area contributed by atoms with Crippen molar-refractivity contribution in [3.05, 3.63) is 0 Å². The van der Waals surface area contributed by atoms with Crippen molar-refractivity contribution in [2.24, 2.45) is 0 Å². The third kappa shape index (κ3) is 4.09. The zero-order chi connectivity index (χ0) is 7.49. The lowest BCUT2D eigenvalue weighted by atomic mass is 10.1. The Kier molecular flexibility index (Phi) is 2.77. The van der Waals surface area contributed by atoms with E-state index in [2.05, 4.69) is 5.32 Å². The minimum Gasteiger partial charge on any atom is -0.465 e. The first kappa shape index (κ1) is 8.56. The van der Waals surface area contributed by atoms with Crippen LogP contribution in [0.5, 0.6) is 0 Å². The van der Waals surface area contributed by atoms with Gasteiger partial charge in [0.2, 0.25) is 0 Å². The van der Waals surface area contributed by atoms with Crippen LogP contribution in [0, 0.1) is 0 Å². The summed E-state index contributed by atoms with van der Waals surface area (Å²) in [7, 11) is 0. The van der Waals surface area contributed by atoms with Crippen LogP contribution in [0.25, 0.3) is 0 Å². The van der Waals surface area contributed by atoms with Gasteiger partial charge in [0.05, 0.1) is 5.54 Å². The molecule has 0 radical (unpaired) electrons. The normalized spacial score (nSPS) is 11.0. The van der Waals surface area contributed by atoms with Gasteiger partial charge in [-0.25, -0.2) is 4.79 Å². The molecule has 0 aliphatic carbocycles. The molecule has 0 saturated heterocycles. The van der Waals surface area contributed by atoms with E-state index in [1.165, 1.54) is 0 Å². The fraction of sp³-hybridized carbons (Fsp3) is 0.800. The molecule has 0 aromatic rings. The van der Waals surface area contributed by atoms with Crippen molar-refractivity contribution in [2.75, 3.05) is 5.88 Å². The highest BCUT2D eigenvalue weighted by Crippen LogP contribution is 2.02. The van der Waals surface area contributed by atoms with E-state index < -0.39 is 11.6 Å². The monoisotopic (exact) mass is 151 g/mol. The van der Waals surface area contributed by atoms with Crippen molar-refractivity contribution < 1.29 is 9.90 Å². The highest BCUT2D eigenvalue weighted by Gasteiger charge is 2.17. The van der Waals surface area contributed by atoms with E-state index >= 15 is 0 Å². The molecule has 0 fully saturated rings. The van der Waals surface area contributed by atoms with Gasteiger partial charge in [-0.1, -0.05) is 0 Å². The van der Waals surface area contributed by atoms with Crippen molar-refractivity contribution in [1.82, 2.24) is 5.32 Å². The summed E-state index contributed by atoms with van der Waals surface area (Å²) in [6.45, 7) is 3.43. The van der Waals surface area contributed by atoms with Crippen LogP contribution < -0.4 is 5.32 Å². The molecule has 0 aromatic carbocycles. The van der Waals surface area contributed by atoms with Crippen LogP contribution >= 0.6 is 11.6 Å². The van der Waals surface area contributed by atoms with E-state index in [-0.39, 0.29) is 5.88 Å². The summed E-state index contributed by atoms with van der Waals surface area (Å²) in [5.41, 5.74) is -0.520. The largest absolute Gasteiger partial charge is 0.465 e. The summed E-state index contributed by atoms with van der Waals surface area (Å²) >= 11 is 5.41. The van der Waals surface area contributed by atoms with E-state index in [9.17, 15) is 4.79 Å². The van der Waals surface area contributed by atoms with E-state index in [0.717, 1.165) is 0 Å². The number of halogens is 1. The van der Waals surface area contributed by atoms with Crippen LogP contribution in [0.2, 0.25) is 0 Å². The standard InChI is InChI=1S/C5H10ClNO2/c1-5(2,3-6)7-4(8)9/h7H,3H2,1-2H3,(H,8,9). The van der Waals surface area contributed by atoms with Crippen LogP contribution in [-0.4, -0.2) is 22.6 Å². The first-order valence-electron chi connectivity index (χ1n) is 2.55. The Bertz CT molecular complexity index is 114. The average molecular weight is 152 g/mol. The van der Waals surface area contributed by atoms with Crippen molar-refractivity contribution in [1.29, 1.82) is 0 Å². The van der Waals surface area contributed by atoms with Crippen LogP contribution in [0.4, 0.5) is 4.79 Å². The van der Waals surface area contributed by atoms with E-state index in [0.29, 0.717) is 0 Å². The van der Waals surface area contributed by atoms with Crippen LogP contribution in [0.3, 0.4) is 0 Å². The molecule has 0 aliphatic heterocycles. The van der Waals surface area contributed by atoms with Crippen molar-refractivity contribution in [3.8, 4) is 0 Å². The molecule has 2 N–H and O–H groups in total. The van der Waals surface area contributed by atoms with Gasteiger partial charge in [-0.2, -0.15) is 0 Å². The van der Waals surface area contributed by atoms with Gasteiger partial charge in [-0.15, -0.1) is 11.6 Å². The topological polar surface area (TPSA) is 49.3 Å². The summed E-state index contributed by atoms with van der Waals surface area (Å²) in [6, 6.07) is 0. The van der Waals surface area contributed by atoms with Crippen LogP contribution in [0.15, 0.2) is 0 Å². The maximum absolute atomic E-state index is 10.0. The summed E-state index contributed by atoms with van der Waals surface area (Å²) in [5, 5.41) is 10.5. The first-order chi connectivity index (χ1) is 3.98. The number of nitrogens with one attached hydrogen (secondary N) is 1. The van der Waals surface area contributed by atoms with Gasteiger partial charge >= 0.3 is 6.09 Å². The summed E-state index contributed by atoms with van der Waals surface area (Å²) < 4.78 is 0. The van der Waals surface area contributed by atoms with Gasteiger partial charge in [-0.05, 0) is 13.8 Å². The molecular formula is C5H10ClNO2. The predicted octanol–water partition coefficient (Wildman–Crippen LogP) is 1.27. The summed E-state index contributed by atoms with van der Waals surface area (Å²) in [4.78, 5) is 10.0. The summed E-state index contributed by atoms with van der Waals surface area (Å²) in [5.74, 6) is 0.277. The molecule has 0 rings (SSSR count). The molecule has 0 spiro atoms. The number of hydrogen-bond donors (Lipinski definition) is 2. The van der Waals surface area contributed by atoms with Crippen molar-refractivity contribution >= 4 is 17.7 Å². The Morgan fingerprint density at radius 3 is 2.33 bits per heavy atom. The molecule has 0 unspecified atom stereocenters. The molecule has 54 valence electrons. The molecule has 4 heteroatoms. The molecule has 0 bridgehead atoms. The number of hydrogen-bond acceptors (Lipinski definition) is 1. The lowest BCUT2D eigenvalue weighted by Gasteiger charge is -2.20. The first-order valence-corrected chi connectivity index (χ1v) is 3.08. The van der Waals surface area contributed by atoms with Gasteiger partial charge in [0.25, 0.3) is 0 Å². The second-order valence-electron chi connectivity index (χ2n) is 2.45. The zero-order valence-electron chi connectivity index (χ0n) is 5.44. The average Bonchev–Trinajstić information content (AvgIpc) is 1.63. The lowest BCUT2D eigenvalue weighted by Crippen LogP contribution is -2.44. The molecule has 3 nitrogen and oxygen atoms in total. The lowest BCUT2D eigenvalue weighted by molar-refractivity contribution is 0.185. The molecule has 0 heterocycles. The maximum Gasteiger partial charge on any atom is 0.405 e. The fourth-order valence-electron chi connectivity index (χ4n) is 0.323. The minimum absolute atomic E-state index is 0.277. The van der Waals surface area contributed by atoms with E-state index in [1.807, 2.05) is 0 Å². The van der Waals surface area contributed by atoms with Gasteiger partial charge < -0.3 is 10.4 Å². The maximum atomic E-state index is 10.0. The molecule has 0 atom stereocenters. The van der Waals surface area contributed by atoms with Gasteiger partial charge in [0.1, 0.15) is 0 Å². The van der Waals surface area contributed by atoms with E-state index in [4.69, 9.17) is 16.7 Å². The molecular weight excluding hydrogens is 142 g/mol. The molecule has 1 amide bonds. The third-order valence-corrected chi connectivity index (χ3v) is 1.45. The quantitative estimate of drug-likeness (QED) is 0.584. The van der Waals surface area contributed by atoms with Gasteiger partial charge in [0, 0.05) is 5.88 Å². The Labute approximate surface area is 59.0 Å². The number of alkyl halides is 1. The molecule has 9 heavy (non-hydrogen) atoms. The number of carboxylic acid groups (broad SMARTS) is 1. The van der Waals surface area contributed by atoms with Crippen molar-refractivity contribution in [3.63, 3.8) is 0 Å². The molecule has 0 aromatic heterocycles. The minimum atomic E-state index is -1.04. The Morgan fingerprint density at radius 2 is 2.22 bits per heavy atom. The Balaban J connectivity index is 3.71. The highest BCUT2D eigenvalue weighted by atomic mass is 35.5. The predicted molar refractivity (Wildman–Crippen MR) is 36.0 cm³/mol. The van der Waals surface area contributed by atoms with Crippen LogP contribution in [0.1, 0.15) is 13.8 Å². The molecule has 0 saturated carbocycles. The second-order valence-corrected chi connectivity index (χ2v) is 2.71. The SMILES string of the molecule is CC(C)(CCl)NC(=O)O. The number of carbonyl (C=O) groups is 1. The smallest absolute Gasteiger partial charge is 0.405 e. The third-order valence-electron chi connectivity index (χ3n) is 0.779. The Hall–Kier alpha value is -0.440. The number of rotatable bonds is 2. The van der Waals surface area contributed by atoms with Gasteiger partial charge in [-0.3, -0.25) is 0 Å². The zero-order valence-corrected chi connectivity index (χ0v) is 6.20. The van der Waals surface area contributed by atoms with E-state index in [1.54, 1.807) is 13.8 Å². The number of amides is 1. The molecule has 0 aliphatic rings. The fourth-order valence-corrected chi connectivity index (χ4v) is 0.390. The summed E-state index contributed by atoms with van der Waals surface area (Å²) in [6.07, 6.45) is -1.04. The highest BCUT2D eigenvalue weighted by molar-refractivity contribution is 6.18. The Morgan fingerprint density at radius 1 is 1.78 bits per heavy atom. The second kappa shape index (κ2) is 2.92. The van der Waals surface area contributed by atoms with Crippen molar-refractivity contribution in [2.45, 2.75) is 19.4 Å². The van der Waals surface area contributed by atoms with Gasteiger partial charge in [0.15, 0.2) is 0 Å².